The Bertz CT molecular complexity index is 1430. The van der Waals surface area contributed by atoms with Gasteiger partial charge in [-0.2, -0.15) is 4.98 Å². The first kappa shape index (κ1) is 29.0. The van der Waals surface area contributed by atoms with Gasteiger partial charge in [-0.1, -0.05) is 46.3 Å². The normalized spacial score (nSPS) is 20.0. The second kappa shape index (κ2) is 12.9. The van der Waals surface area contributed by atoms with E-state index in [1.165, 1.54) is 31.7 Å². The molecule has 1 saturated heterocycles. The molecule has 11 nitrogen and oxygen atoms in total. The van der Waals surface area contributed by atoms with Crippen LogP contribution in [0.4, 0.5) is 5.82 Å². The third-order valence-electron chi connectivity index (χ3n) is 6.14. The number of nitrogens with one attached hydrogen (secondary N) is 1. The fraction of sp³-hybridized carbons (Fsp3) is 0.321. The van der Waals surface area contributed by atoms with Crippen molar-refractivity contribution >= 4 is 39.6 Å². The molecule has 1 aliphatic rings. The first-order valence-corrected chi connectivity index (χ1v) is 13.3. The number of hydrogen-bond acceptors (Lipinski definition) is 9. The predicted molar refractivity (Wildman–Crippen MR) is 148 cm³/mol. The first-order valence-electron chi connectivity index (χ1n) is 12.4. The molecule has 4 atom stereocenters. The summed E-state index contributed by atoms with van der Waals surface area (Å²) in [4.78, 5) is 53.2. The van der Waals surface area contributed by atoms with E-state index in [0.29, 0.717) is 23.3 Å². The maximum atomic E-state index is 13.3. The summed E-state index contributed by atoms with van der Waals surface area (Å²) >= 11 is 3.47. The SMILES string of the molecule is COc1ccc(C(=O)Nc2nc(=O)n([C@@H]3O[C@H](COC(C)=O)[C@H](Br)[C@H]3OC(C)=O)cc2Cc2ccccc2)cc1. The summed E-state index contributed by atoms with van der Waals surface area (Å²) in [5.41, 5.74) is 1.04. The highest BCUT2D eigenvalue weighted by Crippen LogP contribution is 2.36. The van der Waals surface area contributed by atoms with E-state index in [1.54, 1.807) is 24.3 Å². The summed E-state index contributed by atoms with van der Waals surface area (Å²) in [7, 11) is 1.53. The van der Waals surface area contributed by atoms with E-state index in [-0.39, 0.29) is 12.4 Å². The Morgan fingerprint density at radius 3 is 2.38 bits per heavy atom. The molecular weight excluding hydrogens is 586 g/mol. The quantitative estimate of drug-likeness (QED) is 0.285. The smallest absolute Gasteiger partial charge is 0.351 e. The number of aromatic nitrogens is 2. The minimum absolute atomic E-state index is 0.0832. The average molecular weight is 614 g/mol. The Hall–Kier alpha value is -4.03. The fourth-order valence-corrected chi connectivity index (χ4v) is 4.88. The lowest BCUT2D eigenvalue weighted by molar-refractivity contribution is -0.153. The van der Waals surface area contributed by atoms with Crippen LogP contribution < -0.4 is 15.7 Å². The van der Waals surface area contributed by atoms with Crippen LogP contribution in [0.5, 0.6) is 5.75 Å². The van der Waals surface area contributed by atoms with E-state index in [2.05, 4.69) is 26.2 Å². The molecule has 12 heteroatoms. The zero-order valence-corrected chi connectivity index (χ0v) is 23.6. The number of ether oxygens (including phenoxy) is 4. The van der Waals surface area contributed by atoms with Gasteiger partial charge in [0.2, 0.25) is 0 Å². The second-order valence-corrected chi connectivity index (χ2v) is 10.1. The number of amides is 1. The van der Waals surface area contributed by atoms with Gasteiger partial charge in [-0.25, -0.2) is 4.79 Å². The van der Waals surface area contributed by atoms with Crippen molar-refractivity contribution in [2.24, 2.45) is 0 Å². The Morgan fingerprint density at radius 2 is 1.75 bits per heavy atom. The van der Waals surface area contributed by atoms with Crippen molar-refractivity contribution in [1.29, 1.82) is 0 Å². The molecule has 1 aromatic heterocycles. The monoisotopic (exact) mass is 613 g/mol. The van der Waals surface area contributed by atoms with Crippen molar-refractivity contribution < 1.29 is 33.3 Å². The predicted octanol–water partition coefficient (Wildman–Crippen LogP) is 3.25. The van der Waals surface area contributed by atoms with Gasteiger partial charge in [-0.15, -0.1) is 0 Å². The summed E-state index contributed by atoms with van der Waals surface area (Å²) in [5, 5.41) is 2.74. The number of methoxy groups -OCH3 is 1. The summed E-state index contributed by atoms with van der Waals surface area (Å²) in [6.07, 6.45) is -0.860. The van der Waals surface area contributed by atoms with Crippen LogP contribution in [0, 0.1) is 0 Å². The Kier molecular flexibility index (Phi) is 9.33. The number of rotatable bonds is 9. The van der Waals surface area contributed by atoms with Gasteiger partial charge < -0.3 is 24.3 Å². The topological polar surface area (TPSA) is 135 Å². The number of esters is 2. The number of anilines is 1. The zero-order valence-electron chi connectivity index (χ0n) is 22.0. The van der Waals surface area contributed by atoms with E-state index in [4.69, 9.17) is 18.9 Å². The molecule has 1 fully saturated rings. The van der Waals surface area contributed by atoms with Gasteiger partial charge in [0, 0.05) is 37.6 Å². The van der Waals surface area contributed by atoms with Crippen LogP contribution in [0.2, 0.25) is 0 Å². The van der Waals surface area contributed by atoms with Gasteiger partial charge in [0.15, 0.2) is 12.3 Å². The minimum Gasteiger partial charge on any atom is -0.497 e. The molecule has 40 heavy (non-hydrogen) atoms. The summed E-state index contributed by atoms with van der Waals surface area (Å²) in [5.74, 6) is -0.863. The molecule has 0 unspecified atom stereocenters. The van der Waals surface area contributed by atoms with Crippen LogP contribution in [0.3, 0.4) is 0 Å². The third-order valence-corrected chi connectivity index (χ3v) is 7.25. The van der Waals surface area contributed by atoms with Crippen molar-refractivity contribution in [3.63, 3.8) is 0 Å². The first-order chi connectivity index (χ1) is 19.2. The van der Waals surface area contributed by atoms with Crippen LogP contribution in [-0.4, -0.2) is 58.1 Å². The largest absolute Gasteiger partial charge is 0.497 e. The van der Waals surface area contributed by atoms with Crippen molar-refractivity contribution in [2.75, 3.05) is 19.0 Å². The van der Waals surface area contributed by atoms with Crippen molar-refractivity contribution in [3.05, 3.63) is 88.0 Å². The highest BCUT2D eigenvalue weighted by atomic mass is 79.9. The van der Waals surface area contributed by atoms with E-state index >= 15 is 0 Å². The zero-order chi connectivity index (χ0) is 28.8. The lowest BCUT2D eigenvalue weighted by atomic mass is 10.1. The van der Waals surface area contributed by atoms with Gasteiger partial charge in [0.05, 0.1) is 11.9 Å². The lowest BCUT2D eigenvalue weighted by Crippen LogP contribution is -2.37. The second-order valence-electron chi connectivity index (χ2n) is 9.04. The van der Waals surface area contributed by atoms with Gasteiger partial charge in [0.1, 0.15) is 24.3 Å². The lowest BCUT2D eigenvalue weighted by Gasteiger charge is -2.23. The standard InChI is InChI=1S/C28H28BrN3O8/c1-16(33)38-15-22-23(29)24(39-17(2)34)27(40-22)32-14-20(13-18-7-5-4-6-8-18)25(31-28(32)36)30-26(35)19-9-11-21(37-3)12-10-19/h4-12,14,22-24,27H,13,15H2,1-3H3,(H,30,31,35,36)/t22-,23+,24-,27-/m1/s1. The molecule has 3 aromatic rings. The van der Waals surface area contributed by atoms with E-state index < -0.39 is 46.8 Å². The number of hydrogen-bond donors (Lipinski definition) is 1. The molecule has 210 valence electrons. The van der Waals surface area contributed by atoms with Crippen LogP contribution in [0.1, 0.15) is 41.6 Å². The van der Waals surface area contributed by atoms with Gasteiger partial charge in [-0.3, -0.25) is 19.0 Å². The molecule has 2 aromatic carbocycles. The van der Waals surface area contributed by atoms with Crippen molar-refractivity contribution in [1.82, 2.24) is 9.55 Å². The van der Waals surface area contributed by atoms with Crippen LogP contribution in [0.25, 0.3) is 0 Å². The van der Waals surface area contributed by atoms with Gasteiger partial charge in [-0.05, 0) is 29.8 Å². The number of halogens is 1. The highest BCUT2D eigenvalue weighted by Gasteiger charge is 2.47. The molecule has 0 saturated carbocycles. The number of nitrogens with zero attached hydrogens (tertiary/aromatic N) is 2. The molecule has 0 radical (unpaired) electrons. The molecule has 1 aliphatic heterocycles. The van der Waals surface area contributed by atoms with Crippen molar-refractivity contribution in [2.45, 2.75) is 43.5 Å². The maximum Gasteiger partial charge on any atom is 0.351 e. The van der Waals surface area contributed by atoms with Gasteiger partial charge >= 0.3 is 17.6 Å². The highest BCUT2D eigenvalue weighted by molar-refractivity contribution is 9.09. The number of benzene rings is 2. The average Bonchev–Trinajstić information content (AvgIpc) is 3.23. The summed E-state index contributed by atoms with van der Waals surface area (Å²) in [6, 6.07) is 15.9. The van der Waals surface area contributed by atoms with E-state index in [0.717, 1.165) is 5.56 Å². The van der Waals surface area contributed by atoms with E-state index in [9.17, 15) is 19.2 Å². The summed E-state index contributed by atoms with van der Waals surface area (Å²) < 4.78 is 23.0. The van der Waals surface area contributed by atoms with Crippen LogP contribution in [0.15, 0.2) is 65.6 Å². The molecule has 0 spiro atoms. The van der Waals surface area contributed by atoms with E-state index in [1.807, 2.05) is 30.3 Å². The fourth-order valence-electron chi connectivity index (χ4n) is 4.24. The Morgan fingerprint density at radius 1 is 1.05 bits per heavy atom. The molecule has 0 bridgehead atoms. The number of carbonyl (C=O) groups is 3. The number of carbonyl (C=O) groups excluding carboxylic acids is 3. The number of alkyl halides is 1. The van der Waals surface area contributed by atoms with Crippen LogP contribution >= 0.6 is 15.9 Å². The maximum absolute atomic E-state index is 13.3. The van der Waals surface area contributed by atoms with Gasteiger partial charge in [0.25, 0.3) is 5.91 Å². The molecular formula is C28H28BrN3O8. The third kappa shape index (κ3) is 6.93. The Labute approximate surface area is 238 Å². The molecule has 2 heterocycles. The van der Waals surface area contributed by atoms with Crippen LogP contribution in [-0.2, 0) is 30.2 Å². The molecule has 4 rings (SSSR count). The van der Waals surface area contributed by atoms with Crippen molar-refractivity contribution in [3.8, 4) is 5.75 Å². The molecule has 0 aliphatic carbocycles. The summed E-state index contributed by atoms with van der Waals surface area (Å²) in [6.45, 7) is 2.40. The molecule has 1 amide bonds. The Balaban J connectivity index is 1.71. The molecule has 1 N–H and O–H groups in total. The minimum atomic E-state index is -1.07.